The molecule has 0 aliphatic carbocycles. The van der Waals surface area contributed by atoms with Crippen molar-refractivity contribution in [1.29, 1.82) is 0 Å². The maximum absolute atomic E-state index is 12.0. The predicted octanol–water partition coefficient (Wildman–Crippen LogP) is 1.57. The van der Waals surface area contributed by atoms with Crippen molar-refractivity contribution in [1.82, 2.24) is 14.5 Å². The van der Waals surface area contributed by atoms with Crippen molar-refractivity contribution in [3.05, 3.63) is 41.7 Å². The third-order valence-electron chi connectivity index (χ3n) is 3.09. The van der Waals surface area contributed by atoms with Gasteiger partial charge in [0.05, 0.1) is 10.6 Å². The Morgan fingerprint density at radius 3 is 2.48 bits per heavy atom. The zero-order chi connectivity index (χ0) is 15.5. The number of phenolic OH excluding ortho intramolecular Hbond substituents is 1. The van der Waals surface area contributed by atoms with Crippen LogP contribution in [0.4, 0.5) is 0 Å². The Hall–Kier alpha value is -1.86. The molecule has 0 saturated carbocycles. The molecular weight excluding hydrogens is 290 g/mol. The average Bonchev–Trinajstić information content (AvgIpc) is 2.74. The van der Waals surface area contributed by atoms with E-state index in [2.05, 4.69) is 9.82 Å². The van der Waals surface area contributed by atoms with Gasteiger partial charge >= 0.3 is 0 Å². The van der Waals surface area contributed by atoms with Crippen LogP contribution in [0, 0.1) is 13.8 Å². The number of hydrogen-bond donors (Lipinski definition) is 2. The Morgan fingerprint density at radius 2 is 1.90 bits per heavy atom. The van der Waals surface area contributed by atoms with Gasteiger partial charge in [-0.25, -0.2) is 13.1 Å². The minimum absolute atomic E-state index is 0.0403. The highest BCUT2D eigenvalue weighted by atomic mass is 32.2. The second-order valence-corrected chi connectivity index (χ2v) is 6.66. The highest BCUT2D eigenvalue weighted by Gasteiger charge is 2.12. The summed E-state index contributed by atoms with van der Waals surface area (Å²) in [5.41, 5.74) is 2.02. The molecule has 0 spiro atoms. The van der Waals surface area contributed by atoms with Gasteiger partial charge in [-0.3, -0.25) is 4.68 Å². The average molecular weight is 309 g/mol. The fourth-order valence-electron chi connectivity index (χ4n) is 2.05. The quantitative estimate of drug-likeness (QED) is 0.793. The van der Waals surface area contributed by atoms with Gasteiger partial charge < -0.3 is 5.11 Å². The number of benzene rings is 1. The summed E-state index contributed by atoms with van der Waals surface area (Å²) in [6.45, 7) is 4.90. The van der Waals surface area contributed by atoms with E-state index in [0.717, 1.165) is 11.4 Å². The van der Waals surface area contributed by atoms with Crippen LogP contribution >= 0.6 is 0 Å². The van der Waals surface area contributed by atoms with Gasteiger partial charge in [0.2, 0.25) is 10.0 Å². The van der Waals surface area contributed by atoms with E-state index in [-0.39, 0.29) is 10.6 Å². The lowest BCUT2D eigenvalue weighted by Gasteiger charge is -2.08. The van der Waals surface area contributed by atoms with Gasteiger partial charge in [0, 0.05) is 18.8 Å². The molecule has 7 heteroatoms. The van der Waals surface area contributed by atoms with Gasteiger partial charge in [-0.15, -0.1) is 0 Å². The maximum atomic E-state index is 12.0. The predicted molar refractivity (Wildman–Crippen MR) is 79.6 cm³/mol. The number of aromatic nitrogens is 2. The second kappa shape index (κ2) is 6.28. The van der Waals surface area contributed by atoms with Gasteiger partial charge in [0.15, 0.2) is 0 Å². The van der Waals surface area contributed by atoms with Gasteiger partial charge in [-0.2, -0.15) is 5.10 Å². The van der Waals surface area contributed by atoms with E-state index in [1.807, 2.05) is 24.6 Å². The van der Waals surface area contributed by atoms with Crippen molar-refractivity contribution in [2.75, 3.05) is 6.54 Å². The van der Waals surface area contributed by atoms with E-state index in [4.69, 9.17) is 5.11 Å². The summed E-state index contributed by atoms with van der Waals surface area (Å²) in [4.78, 5) is 0.145. The normalized spacial score (nSPS) is 11.7. The van der Waals surface area contributed by atoms with E-state index >= 15 is 0 Å². The summed E-state index contributed by atoms with van der Waals surface area (Å²) in [6.07, 6.45) is 0.652. The minimum atomic E-state index is -3.53. The molecule has 0 radical (unpaired) electrons. The van der Waals surface area contributed by atoms with Crippen LogP contribution in [0.3, 0.4) is 0 Å². The first kappa shape index (κ1) is 15.5. The van der Waals surface area contributed by atoms with Gasteiger partial charge in [0.25, 0.3) is 0 Å². The Kier molecular flexibility index (Phi) is 4.64. The van der Waals surface area contributed by atoms with E-state index < -0.39 is 10.0 Å². The third kappa shape index (κ3) is 4.05. The molecule has 2 N–H and O–H groups in total. The fraction of sp³-hybridized carbons (Fsp3) is 0.357. The molecule has 2 rings (SSSR count). The zero-order valence-electron chi connectivity index (χ0n) is 12.1. The smallest absolute Gasteiger partial charge is 0.240 e. The number of nitrogens with one attached hydrogen (secondary N) is 1. The topological polar surface area (TPSA) is 84.2 Å². The highest BCUT2D eigenvalue weighted by Crippen LogP contribution is 2.14. The van der Waals surface area contributed by atoms with Gasteiger partial charge in [-0.05, 0) is 50.6 Å². The second-order valence-electron chi connectivity index (χ2n) is 4.90. The number of rotatable bonds is 6. The molecule has 1 aromatic heterocycles. The molecule has 21 heavy (non-hydrogen) atoms. The molecule has 0 fully saturated rings. The molecule has 0 amide bonds. The third-order valence-corrected chi connectivity index (χ3v) is 4.57. The van der Waals surface area contributed by atoms with Crippen molar-refractivity contribution in [2.45, 2.75) is 31.7 Å². The van der Waals surface area contributed by atoms with Crippen LogP contribution in [-0.4, -0.2) is 29.8 Å². The summed E-state index contributed by atoms with van der Waals surface area (Å²) in [6, 6.07) is 7.44. The number of aryl methyl sites for hydroxylation is 3. The Labute approximate surface area is 124 Å². The highest BCUT2D eigenvalue weighted by molar-refractivity contribution is 7.89. The molecule has 2 aromatic rings. The first-order valence-electron chi connectivity index (χ1n) is 6.68. The summed E-state index contributed by atoms with van der Waals surface area (Å²) >= 11 is 0. The van der Waals surface area contributed by atoms with Crippen molar-refractivity contribution < 1.29 is 13.5 Å². The maximum Gasteiger partial charge on any atom is 0.240 e. The van der Waals surface area contributed by atoms with E-state index in [1.54, 1.807) is 0 Å². The van der Waals surface area contributed by atoms with Crippen LogP contribution in [0.5, 0.6) is 5.75 Å². The van der Waals surface area contributed by atoms with E-state index in [9.17, 15) is 8.42 Å². The minimum Gasteiger partial charge on any atom is -0.508 e. The largest absolute Gasteiger partial charge is 0.508 e. The first-order valence-corrected chi connectivity index (χ1v) is 8.16. The lowest BCUT2D eigenvalue weighted by molar-refractivity contribution is 0.474. The molecule has 1 aromatic carbocycles. The van der Waals surface area contributed by atoms with Gasteiger partial charge in [0.1, 0.15) is 5.75 Å². The molecule has 114 valence electrons. The van der Waals surface area contributed by atoms with Gasteiger partial charge in [-0.1, -0.05) is 0 Å². The molecule has 0 unspecified atom stereocenters. The van der Waals surface area contributed by atoms with Crippen molar-refractivity contribution in [3.8, 4) is 5.75 Å². The number of phenols is 1. The lowest BCUT2D eigenvalue weighted by Crippen LogP contribution is -2.25. The van der Waals surface area contributed by atoms with Crippen LogP contribution in [-0.2, 0) is 16.6 Å². The Balaban J connectivity index is 1.88. The number of nitrogens with zero attached hydrogens (tertiary/aromatic N) is 2. The fourth-order valence-corrected chi connectivity index (χ4v) is 3.12. The molecule has 0 bridgehead atoms. The summed E-state index contributed by atoms with van der Waals surface area (Å²) < 4.78 is 28.4. The van der Waals surface area contributed by atoms with Crippen LogP contribution in [0.1, 0.15) is 17.8 Å². The molecule has 0 aliphatic rings. The van der Waals surface area contributed by atoms with E-state index in [0.29, 0.717) is 19.5 Å². The SMILES string of the molecule is Cc1cc(C)n(CCCNS(=O)(=O)c2ccc(O)cc2)n1. The summed E-state index contributed by atoms with van der Waals surface area (Å²) in [5.74, 6) is 0.0403. The monoisotopic (exact) mass is 309 g/mol. The zero-order valence-corrected chi connectivity index (χ0v) is 12.9. The first-order chi connectivity index (χ1) is 9.88. The summed E-state index contributed by atoms with van der Waals surface area (Å²) in [7, 11) is -3.53. The van der Waals surface area contributed by atoms with Crippen molar-refractivity contribution in [3.63, 3.8) is 0 Å². The van der Waals surface area contributed by atoms with Crippen LogP contribution in [0.25, 0.3) is 0 Å². The van der Waals surface area contributed by atoms with Crippen molar-refractivity contribution in [2.24, 2.45) is 0 Å². The van der Waals surface area contributed by atoms with Crippen LogP contribution < -0.4 is 4.72 Å². The molecule has 1 heterocycles. The van der Waals surface area contributed by atoms with Crippen LogP contribution in [0.15, 0.2) is 35.2 Å². The Morgan fingerprint density at radius 1 is 1.24 bits per heavy atom. The van der Waals surface area contributed by atoms with Crippen molar-refractivity contribution >= 4 is 10.0 Å². The van der Waals surface area contributed by atoms with E-state index in [1.165, 1.54) is 24.3 Å². The molecular formula is C14H19N3O3S. The lowest BCUT2D eigenvalue weighted by atomic mass is 10.3. The molecule has 6 nitrogen and oxygen atoms in total. The number of aromatic hydroxyl groups is 1. The Bertz CT molecular complexity index is 706. The molecule has 0 saturated heterocycles. The summed E-state index contributed by atoms with van der Waals surface area (Å²) in [5, 5.41) is 13.5. The molecule has 0 aliphatic heterocycles. The van der Waals surface area contributed by atoms with Crippen LogP contribution in [0.2, 0.25) is 0 Å². The standard InChI is InChI=1S/C14H19N3O3S/c1-11-10-12(2)17(16-11)9-3-8-15-21(19,20)14-6-4-13(18)5-7-14/h4-7,10,15,18H,3,8-9H2,1-2H3. The number of hydrogen-bond acceptors (Lipinski definition) is 4. The number of sulfonamides is 1. The molecule has 0 atom stereocenters.